The van der Waals surface area contributed by atoms with Gasteiger partial charge in [0.05, 0.1) is 26.9 Å². The molecule has 1 aliphatic carbocycles. The highest BCUT2D eigenvalue weighted by atomic mass is 32.2. The van der Waals surface area contributed by atoms with Crippen LogP contribution in [0, 0.1) is 0 Å². The van der Waals surface area contributed by atoms with Gasteiger partial charge < -0.3 is 19.5 Å². The Morgan fingerprint density at radius 3 is 2.11 bits per heavy atom. The predicted octanol–water partition coefficient (Wildman–Crippen LogP) is 5.00. The number of thioether (sulfide) groups is 1. The summed E-state index contributed by atoms with van der Waals surface area (Å²) in [6, 6.07) is 11.3. The number of hydrogen-bond donors (Lipinski definition) is 1. The number of ether oxygens (including phenoxy) is 3. The molecule has 144 valence electrons. The molecule has 1 amide bonds. The fraction of sp³-hybridized carbons (Fsp3) is 0.381. The molecule has 3 rings (SSSR count). The minimum absolute atomic E-state index is 0.260. The van der Waals surface area contributed by atoms with Gasteiger partial charge in [-0.1, -0.05) is 12.8 Å². The first-order chi connectivity index (χ1) is 13.1. The van der Waals surface area contributed by atoms with E-state index in [9.17, 15) is 4.79 Å². The molecule has 1 aliphatic rings. The van der Waals surface area contributed by atoms with Crippen LogP contribution >= 0.6 is 11.8 Å². The van der Waals surface area contributed by atoms with Gasteiger partial charge in [0.25, 0.3) is 5.91 Å². The van der Waals surface area contributed by atoms with E-state index in [0.717, 1.165) is 10.9 Å². The maximum Gasteiger partial charge on any atom is 0.259 e. The number of anilines is 1. The molecule has 6 heteroatoms. The Hall–Kier alpha value is -2.34. The summed E-state index contributed by atoms with van der Waals surface area (Å²) in [7, 11) is 4.60. The molecule has 0 heterocycles. The normalized spacial score (nSPS) is 14.0. The standard InChI is InChI=1S/C21H25NO4S/c1-24-18-13-20(26-3)19(25-2)12-17(18)21(23)22-14-8-10-16(11-9-14)27-15-6-4-5-7-15/h8-13,15H,4-7H2,1-3H3,(H,22,23). The van der Waals surface area contributed by atoms with Crippen molar-refractivity contribution < 1.29 is 19.0 Å². The van der Waals surface area contributed by atoms with Crippen LogP contribution in [0.15, 0.2) is 41.3 Å². The van der Waals surface area contributed by atoms with E-state index in [1.165, 1.54) is 44.8 Å². The summed E-state index contributed by atoms with van der Waals surface area (Å²) in [4.78, 5) is 14.0. The minimum Gasteiger partial charge on any atom is -0.496 e. The van der Waals surface area contributed by atoms with Gasteiger partial charge in [-0.05, 0) is 37.1 Å². The third kappa shape index (κ3) is 4.69. The highest BCUT2D eigenvalue weighted by molar-refractivity contribution is 8.00. The van der Waals surface area contributed by atoms with Crippen LogP contribution in [0.25, 0.3) is 0 Å². The van der Waals surface area contributed by atoms with Crippen LogP contribution in [0.2, 0.25) is 0 Å². The molecule has 1 fully saturated rings. The molecule has 27 heavy (non-hydrogen) atoms. The molecule has 0 bridgehead atoms. The molecule has 2 aromatic carbocycles. The fourth-order valence-electron chi connectivity index (χ4n) is 3.22. The van der Waals surface area contributed by atoms with E-state index >= 15 is 0 Å². The van der Waals surface area contributed by atoms with E-state index in [1.807, 2.05) is 23.9 Å². The Labute approximate surface area is 164 Å². The largest absolute Gasteiger partial charge is 0.496 e. The molecule has 0 spiro atoms. The molecular formula is C21H25NO4S. The minimum atomic E-state index is -0.260. The van der Waals surface area contributed by atoms with Gasteiger partial charge in [0.1, 0.15) is 5.75 Å². The van der Waals surface area contributed by atoms with E-state index in [1.54, 1.807) is 19.2 Å². The molecule has 0 aromatic heterocycles. The van der Waals surface area contributed by atoms with Crippen molar-refractivity contribution in [3.05, 3.63) is 42.0 Å². The Kier molecular flexibility index (Phi) is 6.50. The SMILES string of the molecule is COc1cc(OC)c(C(=O)Nc2ccc(SC3CCCC3)cc2)cc1OC. The van der Waals surface area contributed by atoms with E-state index < -0.39 is 0 Å². The maximum atomic E-state index is 12.7. The Morgan fingerprint density at radius 1 is 0.926 bits per heavy atom. The van der Waals surface area contributed by atoms with Crippen molar-refractivity contribution in [2.45, 2.75) is 35.8 Å². The second-order valence-electron chi connectivity index (χ2n) is 6.41. The summed E-state index contributed by atoms with van der Waals surface area (Å²) in [5, 5.41) is 3.64. The molecule has 1 N–H and O–H groups in total. The van der Waals surface area contributed by atoms with Crippen LogP contribution in [0.1, 0.15) is 36.0 Å². The average Bonchev–Trinajstić information content (AvgIpc) is 3.21. The van der Waals surface area contributed by atoms with Gasteiger partial charge in [0.15, 0.2) is 11.5 Å². The number of hydrogen-bond acceptors (Lipinski definition) is 5. The van der Waals surface area contributed by atoms with Crippen LogP contribution in [0.4, 0.5) is 5.69 Å². The fourth-order valence-corrected chi connectivity index (χ4v) is 4.47. The van der Waals surface area contributed by atoms with E-state index in [4.69, 9.17) is 14.2 Å². The van der Waals surface area contributed by atoms with Crippen molar-refractivity contribution >= 4 is 23.4 Å². The highest BCUT2D eigenvalue weighted by Gasteiger charge is 2.19. The first-order valence-electron chi connectivity index (χ1n) is 9.02. The second kappa shape index (κ2) is 9.04. The molecule has 0 unspecified atom stereocenters. The third-order valence-corrected chi connectivity index (χ3v) is 6.02. The Morgan fingerprint density at radius 2 is 1.52 bits per heavy atom. The molecule has 2 aromatic rings. The summed E-state index contributed by atoms with van der Waals surface area (Å²) in [5.41, 5.74) is 1.13. The highest BCUT2D eigenvalue weighted by Crippen LogP contribution is 2.36. The van der Waals surface area contributed by atoms with E-state index in [0.29, 0.717) is 22.8 Å². The smallest absolute Gasteiger partial charge is 0.259 e. The number of nitrogens with one attached hydrogen (secondary N) is 1. The molecule has 0 saturated heterocycles. The third-order valence-electron chi connectivity index (χ3n) is 4.67. The summed E-state index contributed by atoms with van der Waals surface area (Å²) in [5.74, 6) is 1.16. The number of benzene rings is 2. The zero-order chi connectivity index (χ0) is 19.2. The summed E-state index contributed by atoms with van der Waals surface area (Å²) in [6.45, 7) is 0. The zero-order valence-electron chi connectivity index (χ0n) is 15.9. The van der Waals surface area contributed by atoms with Crippen molar-refractivity contribution in [3.63, 3.8) is 0 Å². The second-order valence-corrected chi connectivity index (χ2v) is 7.78. The number of amides is 1. The van der Waals surface area contributed by atoms with Crippen molar-refractivity contribution in [1.29, 1.82) is 0 Å². The Balaban J connectivity index is 1.72. The summed E-state index contributed by atoms with van der Waals surface area (Å²) in [6.07, 6.45) is 5.25. The van der Waals surface area contributed by atoms with E-state index in [2.05, 4.69) is 17.4 Å². The zero-order valence-corrected chi connectivity index (χ0v) is 16.7. The van der Waals surface area contributed by atoms with Gasteiger partial charge in [0.2, 0.25) is 0 Å². The van der Waals surface area contributed by atoms with Crippen molar-refractivity contribution in [1.82, 2.24) is 0 Å². The topological polar surface area (TPSA) is 56.8 Å². The lowest BCUT2D eigenvalue weighted by Crippen LogP contribution is -2.13. The Bertz CT molecular complexity index is 786. The van der Waals surface area contributed by atoms with Crippen molar-refractivity contribution in [2.24, 2.45) is 0 Å². The molecular weight excluding hydrogens is 362 g/mol. The van der Waals surface area contributed by atoms with Gasteiger partial charge in [0, 0.05) is 28.0 Å². The number of carbonyl (C=O) groups is 1. The van der Waals surface area contributed by atoms with Crippen LogP contribution in [0.5, 0.6) is 17.2 Å². The molecule has 1 saturated carbocycles. The van der Waals surface area contributed by atoms with Gasteiger partial charge in [-0.2, -0.15) is 0 Å². The first-order valence-corrected chi connectivity index (χ1v) is 9.90. The molecule has 0 radical (unpaired) electrons. The first kappa shape index (κ1) is 19.4. The lowest BCUT2D eigenvalue weighted by atomic mass is 10.1. The van der Waals surface area contributed by atoms with Crippen LogP contribution < -0.4 is 19.5 Å². The monoisotopic (exact) mass is 387 g/mol. The number of methoxy groups -OCH3 is 3. The number of rotatable bonds is 7. The van der Waals surface area contributed by atoms with Crippen LogP contribution in [0.3, 0.4) is 0 Å². The lowest BCUT2D eigenvalue weighted by molar-refractivity contribution is 0.102. The quantitative estimate of drug-likeness (QED) is 0.724. The summed E-state index contributed by atoms with van der Waals surface area (Å²) < 4.78 is 15.9. The van der Waals surface area contributed by atoms with Crippen LogP contribution in [-0.4, -0.2) is 32.5 Å². The van der Waals surface area contributed by atoms with Gasteiger partial charge >= 0.3 is 0 Å². The predicted molar refractivity (Wildman–Crippen MR) is 109 cm³/mol. The van der Waals surface area contributed by atoms with Gasteiger partial charge in [-0.3, -0.25) is 4.79 Å². The van der Waals surface area contributed by atoms with E-state index in [-0.39, 0.29) is 5.91 Å². The average molecular weight is 388 g/mol. The molecule has 0 atom stereocenters. The van der Waals surface area contributed by atoms with Gasteiger partial charge in [-0.15, -0.1) is 11.8 Å². The van der Waals surface area contributed by atoms with Crippen LogP contribution in [-0.2, 0) is 0 Å². The number of carbonyl (C=O) groups excluding carboxylic acids is 1. The maximum absolute atomic E-state index is 12.7. The van der Waals surface area contributed by atoms with Crippen molar-refractivity contribution in [2.75, 3.05) is 26.6 Å². The molecule has 0 aliphatic heterocycles. The summed E-state index contributed by atoms with van der Waals surface area (Å²) >= 11 is 1.93. The molecule has 5 nitrogen and oxygen atoms in total. The lowest BCUT2D eigenvalue weighted by Gasteiger charge is -2.14. The van der Waals surface area contributed by atoms with Crippen molar-refractivity contribution in [3.8, 4) is 17.2 Å². The van der Waals surface area contributed by atoms with Gasteiger partial charge in [-0.25, -0.2) is 0 Å².